The molecule has 0 saturated carbocycles. The van der Waals surface area contributed by atoms with Gasteiger partial charge in [0.1, 0.15) is 23.3 Å². The van der Waals surface area contributed by atoms with Crippen molar-refractivity contribution in [2.24, 2.45) is 0 Å². The Labute approximate surface area is 298 Å². The van der Waals surface area contributed by atoms with E-state index in [9.17, 15) is 9.59 Å². The van der Waals surface area contributed by atoms with E-state index in [1.807, 2.05) is 135 Å². The molecule has 10 heteroatoms. The van der Waals surface area contributed by atoms with Crippen LogP contribution in [0.2, 0.25) is 0 Å². The molecular formula is C42H30N8O2. The molecule has 1 aliphatic rings. The third kappa shape index (κ3) is 5.03. The Balaban J connectivity index is 1.25. The lowest BCUT2D eigenvalue weighted by molar-refractivity contribution is 0.0926. The van der Waals surface area contributed by atoms with Gasteiger partial charge in [0.05, 0.1) is 33.5 Å². The lowest BCUT2D eigenvalue weighted by atomic mass is 10.1. The second kappa shape index (κ2) is 11.8. The average molecular weight is 679 g/mol. The number of carbonyl (C=O) groups is 2. The first-order valence-corrected chi connectivity index (χ1v) is 16.9. The number of imide groups is 1. The Morgan fingerprint density at radius 3 is 1.50 bits per heavy atom. The van der Waals surface area contributed by atoms with Crippen molar-refractivity contribution in [3.63, 3.8) is 0 Å². The van der Waals surface area contributed by atoms with Crippen LogP contribution in [-0.4, -0.2) is 46.3 Å². The zero-order valence-corrected chi connectivity index (χ0v) is 28.8. The summed E-state index contributed by atoms with van der Waals surface area (Å²) in [5, 5.41) is 1.91. The van der Waals surface area contributed by atoms with E-state index in [4.69, 9.17) is 0 Å². The summed E-state index contributed by atoms with van der Waals surface area (Å²) < 4.78 is 2.05. The van der Waals surface area contributed by atoms with E-state index < -0.39 is 5.91 Å². The monoisotopic (exact) mass is 678 g/mol. The van der Waals surface area contributed by atoms with Crippen LogP contribution >= 0.6 is 0 Å². The van der Waals surface area contributed by atoms with Crippen LogP contribution in [0.4, 0.5) is 5.69 Å². The van der Waals surface area contributed by atoms with Crippen molar-refractivity contribution in [2.45, 2.75) is 27.7 Å². The first-order valence-electron chi connectivity index (χ1n) is 16.9. The van der Waals surface area contributed by atoms with Crippen molar-refractivity contribution >= 4 is 39.3 Å². The largest absolute Gasteiger partial charge is 0.308 e. The normalized spacial score (nSPS) is 12.7. The SMILES string of the molecule is Cc1nc(C)nc(-c2ccc3c4ccc(-c5nc(C)nc(C)n5)cc4n(-c4cccc5c4C(=O)N(c4ccc(-c6ccccc6)cc4)C5=O)c3c2)n1. The molecule has 0 atom stereocenters. The molecule has 0 N–H and O–H groups in total. The summed E-state index contributed by atoms with van der Waals surface area (Å²) in [4.78, 5) is 57.1. The number of aromatic nitrogens is 7. The number of amides is 2. The predicted molar refractivity (Wildman–Crippen MR) is 200 cm³/mol. The van der Waals surface area contributed by atoms with Gasteiger partial charge in [0, 0.05) is 21.9 Å². The zero-order valence-electron chi connectivity index (χ0n) is 28.8. The maximum atomic E-state index is 14.5. The lowest BCUT2D eigenvalue weighted by Crippen LogP contribution is -2.29. The van der Waals surface area contributed by atoms with E-state index in [2.05, 4.69) is 29.9 Å². The Kier molecular flexibility index (Phi) is 7.08. The summed E-state index contributed by atoms with van der Waals surface area (Å²) in [6.45, 7) is 7.38. The lowest BCUT2D eigenvalue weighted by Gasteiger charge is -2.15. The van der Waals surface area contributed by atoms with Crippen LogP contribution < -0.4 is 4.90 Å². The molecule has 0 saturated heterocycles. The molecule has 1 aliphatic heterocycles. The van der Waals surface area contributed by atoms with E-state index in [1.54, 1.807) is 6.07 Å². The second-order valence-electron chi connectivity index (χ2n) is 12.9. The van der Waals surface area contributed by atoms with Gasteiger partial charge in [-0.3, -0.25) is 9.59 Å². The number of anilines is 1. The minimum atomic E-state index is -0.391. The van der Waals surface area contributed by atoms with Gasteiger partial charge in [-0.1, -0.05) is 72.8 Å². The molecule has 0 spiro atoms. The molecule has 4 heterocycles. The molecule has 0 bridgehead atoms. The van der Waals surface area contributed by atoms with Crippen molar-refractivity contribution in [3.05, 3.63) is 144 Å². The highest BCUT2D eigenvalue weighted by Gasteiger charge is 2.39. The topological polar surface area (TPSA) is 120 Å². The number of aryl methyl sites for hydroxylation is 4. The molecule has 3 aromatic heterocycles. The molecule has 52 heavy (non-hydrogen) atoms. The average Bonchev–Trinajstić information content (AvgIpc) is 3.60. The number of hydrogen-bond donors (Lipinski definition) is 0. The van der Waals surface area contributed by atoms with Crippen LogP contribution in [0.3, 0.4) is 0 Å². The summed E-state index contributed by atoms with van der Waals surface area (Å²) in [6.07, 6.45) is 0. The van der Waals surface area contributed by atoms with E-state index in [0.29, 0.717) is 57.4 Å². The van der Waals surface area contributed by atoms with Crippen molar-refractivity contribution in [1.82, 2.24) is 34.5 Å². The molecule has 0 unspecified atom stereocenters. The van der Waals surface area contributed by atoms with Crippen LogP contribution in [0.25, 0.3) is 61.4 Å². The smallest absolute Gasteiger partial charge is 0.268 e. The Hall–Kier alpha value is -6.94. The highest BCUT2D eigenvalue weighted by molar-refractivity contribution is 6.35. The highest BCUT2D eigenvalue weighted by atomic mass is 16.2. The fourth-order valence-electron chi connectivity index (χ4n) is 7.17. The Morgan fingerprint density at radius 1 is 0.462 bits per heavy atom. The Bertz CT molecular complexity index is 2620. The van der Waals surface area contributed by atoms with Crippen LogP contribution in [0.15, 0.2) is 109 Å². The maximum Gasteiger partial charge on any atom is 0.268 e. The van der Waals surface area contributed by atoms with Gasteiger partial charge in [-0.25, -0.2) is 34.8 Å². The van der Waals surface area contributed by atoms with E-state index >= 15 is 0 Å². The van der Waals surface area contributed by atoms with Gasteiger partial charge in [0.2, 0.25) is 0 Å². The molecular weight excluding hydrogens is 649 g/mol. The first kappa shape index (κ1) is 31.1. The third-order valence-electron chi connectivity index (χ3n) is 9.37. The Morgan fingerprint density at radius 2 is 0.962 bits per heavy atom. The fraction of sp³-hybridized carbons (Fsp3) is 0.0952. The van der Waals surface area contributed by atoms with E-state index in [0.717, 1.165) is 44.1 Å². The van der Waals surface area contributed by atoms with Gasteiger partial charge in [0.15, 0.2) is 11.6 Å². The predicted octanol–water partition coefficient (Wildman–Crippen LogP) is 8.19. The highest BCUT2D eigenvalue weighted by Crippen LogP contribution is 2.40. The second-order valence-corrected chi connectivity index (χ2v) is 12.9. The summed E-state index contributed by atoms with van der Waals surface area (Å²) in [5.41, 5.74) is 7.03. The number of nitrogens with zero attached hydrogens (tertiary/aromatic N) is 8. The standard InChI is InChI=1S/C42H30N8O2/c1-23-43-24(2)46-39(45-23)29-15-19-32-33-20-16-30(40-47-25(3)44-26(4)48-40)22-37(33)50(36(32)21-29)35-12-8-11-34-38(35)42(52)49(41(34)51)31-17-13-28(14-18-31)27-9-6-5-7-10-27/h5-22H,1-4H3. The van der Waals surface area contributed by atoms with Gasteiger partial charge in [0.25, 0.3) is 11.8 Å². The molecule has 10 nitrogen and oxygen atoms in total. The quantitative estimate of drug-likeness (QED) is 0.167. The molecule has 0 fully saturated rings. The minimum absolute atomic E-state index is 0.327. The van der Waals surface area contributed by atoms with Crippen LogP contribution in [-0.2, 0) is 0 Å². The summed E-state index contributed by atoms with van der Waals surface area (Å²) >= 11 is 0. The van der Waals surface area contributed by atoms with Gasteiger partial charge < -0.3 is 4.57 Å². The molecule has 8 aromatic rings. The van der Waals surface area contributed by atoms with Crippen LogP contribution in [0.5, 0.6) is 0 Å². The van der Waals surface area contributed by atoms with Crippen molar-refractivity contribution in [2.75, 3.05) is 4.90 Å². The summed E-state index contributed by atoms with van der Waals surface area (Å²) in [7, 11) is 0. The van der Waals surface area contributed by atoms with Crippen molar-refractivity contribution in [1.29, 1.82) is 0 Å². The van der Waals surface area contributed by atoms with Crippen molar-refractivity contribution in [3.8, 4) is 39.6 Å². The van der Waals surface area contributed by atoms with Crippen molar-refractivity contribution < 1.29 is 9.59 Å². The zero-order chi connectivity index (χ0) is 35.7. The van der Waals surface area contributed by atoms with E-state index in [-0.39, 0.29) is 5.91 Å². The maximum absolute atomic E-state index is 14.5. The molecule has 2 amide bonds. The summed E-state index contributed by atoms with van der Waals surface area (Å²) in [5.74, 6) is 2.83. The van der Waals surface area contributed by atoms with Gasteiger partial charge >= 0.3 is 0 Å². The van der Waals surface area contributed by atoms with Crippen LogP contribution in [0, 0.1) is 27.7 Å². The molecule has 0 aliphatic carbocycles. The number of benzene rings is 5. The number of hydrogen-bond acceptors (Lipinski definition) is 8. The molecule has 0 radical (unpaired) electrons. The van der Waals surface area contributed by atoms with Gasteiger partial charge in [-0.15, -0.1) is 0 Å². The fourth-order valence-corrected chi connectivity index (χ4v) is 7.17. The number of rotatable bonds is 5. The first-order chi connectivity index (χ1) is 25.2. The minimum Gasteiger partial charge on any atom is -0.308 e. The van der Waals surface area contributed by atoms with Crippen LogP contribution in [0.1, 0.15) is 44.0 Å². The number of fused-ring (bicyclic) bond motifs is 4. The van der Waals surface area contributed by atoms with Gasteiger partial charge in [-0.2, -0.15) is 0 Å². The molecule has 250 valence electrons. The summed E-state index contributed by atoms with van der Waals surface area (Å²) in [6, 6.07) is 35.1. The molecule has 5 aromatic carbocycles. The van der Waals surface area contributed by atoms with E-state index in [1.165, 1.54) is 4.90 Å². The number of carbonyl (C=O) groups excluding carboxylic acids is 2. The van der Waals surface area contributed by atoms with Gasteiger partial charge in [-0.05, 0) is 75.2 Å². The third-order valence-corrected chi connectivity index (χ3v) is 9.37. The molecule has 9 rings (SSSR count).